The van der Waals surface area contributed by atoms with E-state index in [9.17, 15) is 4.79 Å². The Labute approximate surface area is 85.7 Å². The number of Topliss-reactive ketones (excluding diaryl/α,β-unsaturated/α-hetero) is 1. The molecule has 2 nitrogen and oxygen atoms in total. The van der Waals surface area contributed by atoms with Gasteiger partial charge in [0, 0.05) is 17.9 Å². The van der Waals surface area contributed by atoms with Gasteiger partial charge in [-0.15, -0.1) is 0 Å². The van der Waals surface area contributed by atoms with Crippen molar-refractivity contribution in [1.82, 2.24) is 4.90 Å². The van der Waals surface area contributed by atoms with Gasteiger partial charge < -0.3 is 0 Å². The molecule has 0 amide bonds. The average Bonchev–Trinajstić information content (AvgIpc) is 2.76. The van der Waals surface area contributed by atoms with Crippen LogP contribution in [-0.4, -0.2) is 29.8 Å². The molecule has 14 heavy (non-hydrogen) atoms. The van der Waals surface area contributed by atoms with E-state index in [1.54, 1.807) is 0 Å². The number of hydrogen-bond acceptors (Lipinski definition) is 2. The number of fused-ring (bicyclic) bond motifs is 2. The van der Waals surface area contributed by atoms with Gasteiger partial charge in [0.25, 0.3) is 0 Å². The summed E-state index contributed by atoms with van der Waals surface area (Å²) in [6.07, 6.45) is 7.54. The van der Waals surface area contributed by atoms with Crippen LogP contribution in [0.4, 0.5) is 0 Å². The molecule has 1 heterocycles. The Morgan fingerprint density at radius 1 is 1.00 bits per heavy atom. The highest BCUT2D eigenvalue weighted by Gasteiger charge is 2.45. The van der Waals surface area contributed by atoms with E-state index in [4.69, 9.17) is 0 Å². The molecule has 0 unspecified atom stereocenters. The van der Waals surface area contributed by atoms with Crippen molar-refractivity contribution in [2.75, 3.05) is 13.1 Å². The second-order valence-corrected chi connectivity index (χ2v) is 5.17. The molecule has 0 spiro atoms. The van der Waals surface area contributed by atoms with E-state index in [2.05, 4.69) is 4.90 Å². The second kappa shape index (κ2) is 3.34. The maximum Gasteiger partial charge on any atom is 0.140 e. The number of likely N-dealkylation sites (tertiary alicyclic amines) is 1. The lowest BCUT2D eigenvalue weighted by atomic mass is 9.83. The molecular formula is C12H19NO. The molecule has 0 N–H and O–H groups in total. The molecule has 2 aliphatic carbocycles. The monoisotopic (exact) mass is 193 g/mol. The second-order valence-electron chi connectivity index (χ2n) is 5.17. The molecule has 3 atom stereocenters. The van der Waals surface area contributed by atoms with E-state index in [1.807, 2.05) is 0 Å². The minimum atomic E-state index is 0.423. The van der Waals surface area contributed by atoms with Crippen LogP contribution in [0.15, 0.2) is 0 Å². The first-order valence-electron chi connectivity index (χ1n) is 6.14. The van der Waals surface area contributed by atoms with Crippen LogP contribution >= 0.6 is 0 Å². The van der Waals surface area contributed by atoms with Crippen molar-refractivity contribution in [3.8, 4) is 0 Å². The Kier molecular flexibility index (Phi) is 2.12. The first-order chi connectivity index (χ1) is 6.86. The van der Waals surface area contributed by atoms with Crippen molar-refractivity contribution >= 4 is 5.78 Å². The van der Waals surface area contributed by atoms with Crippen molar-refractivity contribution in [2.45, 2.75) is 44.6 Å². The highest BCUT2D eigenvalue weighted by atomic mass is 16.1. The van der Waals surface area contributed by atoms with Crippen molar-refractivity contribution in [3.05, 3.63) is 0 Å². The van der Waals surface area contributed by atoms with Crippen LogP contribution in [-0.2, 0) is 4.79 Å². The molecule has 3 rings (SSSR count). The largest absolute Gasteiger partial charge is 0.300 e. The van der Waals surface area contributed by atoms with Gasteiger partial charge in [0.05, 0.1) is 0 Å². The number of carbonyl (C=O) groups excluding carboxylic acids is 1. The van der Waals surface area contributed by atoms with E-state index in [1.165, 1.54) is 51.6 Å². The van der Waals surface area contributed by atoms with E-state index < -0.39 is 0 Å². The zero-order valence-corrected chi connectivity index (χ0v) is 8.74. The lowest BCUT2D eigenvalue weighted by molar-refractivity contribution is -0.128. The van der Waals surface area contributed by atoms with Gasteiger partial charge in [-0.2, -0.15) is 0 Å². The van der Waals surface area contributed by atoms with E-state index in [0.29, 0.717) is 23.7 Å². The maximum atomic E-state index is 11.9. The third-order valence-electron chi connectivity index (χ3n) is 4.48. The van der Waals surface area contributed by atoms with Gasteiger partial charge >= 0.3 is 0 Å². The lowest BCUT2D eigenvalue weighted by Gasteiger charge is -2.34. The fourth-order valence-corrected chi connectivity index (χ4v) is 3.72. The van der Waals surface area contributed by atoms with Gasteiger partial charge in [-0.3, -0.25) is 9.69 Å². The fraction of sp³-hybridized carbons (Fsp3) is 0.917. The van der Waals surface area contributed by atoms with Crippen LogP contribution in [0.25, 0.3) is 0 Å². The Balaban J connectivity index is 1.76. The Hall–Kier alpha value is -0.370. The van der Waals surface area contributed by atoms with Crippen LogP contribution in [0.1, 0.15) is 38.5 Å². The Bertz CT molecular complexity index is 245. The molecule has 0 radical (unpaired) electrons. The third-order valence-corrected chi connectivity index (χ3v) is 4.48. The molecule has 2 bridgehead atoms. The molecule has 2 saturated carbocycles. The Morgan fingerprint density at radius 2 is 1.71 bits per heavy atom. The van der Waals surface area contributed by atoms with Gasteiger partial charge in [-0.25, -0.2) is 0 Å². The average molecular weight is 193 g/mol. The topological polar surface area (TPSA) is 20.3 Å². The van der Waals surface area contributed by atoms with Crippen molar-refractivity contribution in [1.29, 1.82) is 0 Å². The van der Waals surface area contributed by atoms with Crippen LogP contribution in [0.2, 0.25) is 0 Å². The zero-order chi connectivity index (χ0) is 9.54. The molecule has 0 aromatic rings. The summed E-state index contributed by atoms with van der Waals surface area (Å²) in [5.41, 5.74) is 0. The van der Waals surface area contributed by atoms with Crippen molar-refractivity contribution in [2.24, 2.45) is 11.8 Å². The number of hydrogen-bond donors (Lipinski definition) is 0. The summed E-state index contributed by atoms with van der Waals surface area (Å²) in [5, 5.41) is 0. The quantitative estimate of drug-likeness (QED) is 0.633. The molecule has 0 aromatic heterocycles. The molecule has 0 aromatic carbocycles. The van der Waals surface area contributed by atoms with Gasteiger partial charge in [0.2, 0.25) is 0 Å². The molecular weight excluding hydrogens is 174 g/mol. The number of nitrogens with zero attached hydrogens (tertiary/aromatic N) is 1. The first kappa shape index (κ1) is 8.90. The summed E-state index contributed by atoms with van der Waals surface area (Å²) in [5.74, 6) is 1.49. The molecule has 1 aliphatic heterocycles. The minimum absolute atomic E-state index is 0.423. The smallest absolute Gasteiger partial charge is 0.140 e. The molecule has 1 saturated heterocycles. The molecule has 3 aliphatic rings. The minimum Gasteiger partial charge on any atom is -0.300 e. The van der Waals surface area contributed by atoms with Gasteiger partial charge in [-0.05, 0) is 51.6 Å². The number of ketones is 1. The van der Waals surface area contributed by atoms with Crippen LogP contribution in [0.5, 0.6) is 0 Å². The first-order valence-corrected chi connectivity index (χ1v) is 6.14. The summed E-state index contributed by atoms with van der Waals surface area (Å²) in [7, 11) is 0. The van der Waals surface area contributed by atoms with Crippen LogP contribution in [0.3, 0.4) is 0 Å². The fourth-order valence-electron chi connectivity index (χ4n) is 3.72. The van der Waals surface area contributed by atoms with E-state index in [0.717, 1.165) is 0 Å². The van der Waals surface area contributed by atoms with Crippen LogP contribution < -0.4 is 0 Å². The summed E-state index contributed by atoms with van der Waals surface area (Å²) < 4.78 is 0. The Morgan fingerprint density at radius 3 is 2.50 bits per heavy atom. The van der Waals surface area contributed by atoms with E-state index >= 15 is 0 Å². The normalized spacial score (nSPS) is 43.4. The third kappa shape index (κ3) is 1.23. The predicted molar refractivity (Wildman–Crippen MR) is 55.1 cm³/mol. The summed E-state index contributed by atoms with van der Waals surface area (Å²) in [6.45, 7) is 2.50. The summed E-state index contributed by atoms with van der Waals surface area (Å²) >= 11 is 0. The SMILES string of the molecule is O=C1[C@@H]2CC[C@@H](N3CCCC3)[C@H]1CC2. The van der Waals surface area contributed by atoms with E-state index in [-0.39, 0.29) is 0 Å². The number of carbonyl (C=O) groups is 1. The molecule has 3 fully saturated rings. The van der Waals surface area contributed by atoms with Crippen molar-refractivity contribution < 1.29 is 4.79 Å². The summed E-state index contributed by atoms with van der Waals surface area (Å²) in [6, 6.07) is 0.628. The molecule has 78 valence electrons. The zero-order valence-electron chi connectivity index (χ0n) is 8.74. The van der Waals surface area contributed by atoms with Crippen LogP contribution in [0, 0.1) is 11.8 Å². The van der Waals surface area contributed by atoms with Gasteiger partial charge in [-0.1, -0.05) is 0 Å². The molecule has 2 heteroatoms. The number of rotatable bonds is 1. The highest BCUT2D eigenvalue weighted by Crippen LogP contribution is 2.41. The standard InChI is InChI=1S/C12H19NO/c14-12-9-3-5-10(12)11(6-4-9)13-7-1-2-8-13/h9-11H,1-8H2/t9-,10+,11+/m0/s1. The lowest BCUT2D eigenvalue weighted by Crippen LogP contribution is -2.44. The van der Waals surface area contributed by atoms with Gasteiger partial charge in [0.1, 0.15) is 5.78 Å². The van der Waals surface area contributed by atoms with Crippen molar-refractivity contribution in [3.63, 3.8) is 0 Å². The maximum absolute atomic E-state index is 11.9. The summed E-state index contributed by atoms with van der Waals surface area (Å²) in [4.78, 5) is 14.5. The highest BCUT2D eigenvalue weighted by molar-refractivity contribution is 5.86. The van der Waals surface area contributed by atoms with Gasteiger partial charge in [0.15, 0.2) is 0 Å². The predicted octanol–water partition coefficient (Wildman–Crippen LogP) is 1.84.